The molecule has 2 aromatic rings. The maximum absolute atomic E-state index is 12.1. The SMILES string of the molecule is CCCCNC(=O)c1cccc(NC(=S)NC(=O)/C=C/c2ccccc2OC)c1. The first kappa shape index (κ1) is 22.1. The van der Waals surface area contributed by atoms with Crippen molar-refractivity contribution in [2.45, 2.75) is 19.8 Å². The molecule has 0 saturated heterocycles. The van der Waals surface area contributed by atoms with Crippen LogP contribution >= 0.6 is 12.2 Å². The molecule has 0 aliphatic rings. The molecule has 152 valence electrons. The summed E-state index contributed by atoms with van der Waals surface area (Å²) in [4.78, 5) is 24.3. The Kier molecular flexibility index (Phi) is 8.85. The van der Waals surface area contributed by atoms with Crippen molar-refractivity contribution in [3.8, 4) is 5.75 Å². The van der Waals surface area contributed by atoms with E-state index in [1.807, 2.05) is 24.3 Å². The third-order valence-electron chi connectivity index (χ3n) is 3.99. The van der Waals surface area contributed by atoms with Crippen LogP contribution in [-0.4, -0.2) is 30.6 Å². The average Bonchev–Trinajstić information content (AvgIpc) is 2.72. The molecular formula is C22H25N3O3S. The van der Waals surface area contributed by atoms with Crippen molar-refractivity contribution in [2.75, 3.05) is 19.0 Å². The first-order valence-corrected chi connectivity index (χ1v) is 9.75. The molecule has 0 fully saturated rings. The number of carbonyl (C=O) groups excluding carboxylic acids is 2. The van der Waals surface area contributed by atoms with Gasteiger partial charge < -0.3 is 15.4 Å². The van der Waals surface area contributed by atoms with Gasteiger partial charge in [0.1, 0.15) is 5.75 Å². The van der Waals surface area contributed by atoms with Gasteiger partial charge in [-0.15, -0.1) is 0 Å². The second-order valence-electron chi connectivity index (χ2n) is 6.21. The van der Waals surface area contributed by atoms with Gasteiger partial charge in [-0.3, -0.25) is 14.9 Å². The molecule has 0 bridgehead atoms. The van der Waals surface area contributed by atoms with Gasteiger partial charge in [0.2, 0.25) is 5.91 Å². The zero-order valence-corrected chi connectivity index (χ0v) is 17.3. The Labute approximate surface area is 176 Å². The van der Waals surface area contributed by atoms with E-state index >= 15 is 0 Å². The summed E-state index contributed by atoms with van der Waals surface area (Å²) in [5.41, 5.74) is 1.93. The van der Waals surface area contributed by atoms with Crippen LogP contribution in [-0.2, 0) is 4.79 Å². The van der Waals surface area contributed by atoms with Crippen molar-refractivity contribution in [1.29, 1.82) is 0 Å². The lowest BCUT2D eigenvalue weighted by Gasteiger charge is -2.10. The van der Waals surface area contributed by atoms with Crippen molar-refractivity contribution < 1.29 is 14.3 Å². The van der Waals surface area contributed by atoms with Gasteiger partial charge >= 0.3 is 0 Å². The first-order valence-electron chi connectivity index (χ1n) is 9.34. The smallest absolute Gasteiger partial charge is 0.251 e. The number of unbranched alkanes of at least 4 members (excludes halogenated alkanes) is 1. The molecule has 29 heavy (non-hydrogen) atoms. The van der Waals surface area contributed by atoms with E-state index in [0.717, 1.165) is 18.4 Å². The van der Waals surface area contributed by atoms with Gasteiger partial charge in [0, 0.05) is 29.4 Å². The van der Waals surface area contributed by atoms with E-state index in [2.05, 4.69) is 22.9 Å². The normalized spacial score (nSPS) is 10.4. The number of para-hydroxylation sites is 1. The van der Waals surface area contributed by atoms with Crippen LogP contribution in [0.1, 0.15) is 35.7 Å². The number of anilines is 1. The van der Waals surface area contributed by atoms with Crippen LogP contribution in [0, 0.1) is 0 Å². The molecule has 0 aromatic heterocycles. The van der Waals surface area contributed by atoms with Crippen molar-refractivity contribution in [3.63, 3.8) is 0 Å². The number of rotatable bonds is 8. The van der Waals surface area contributed by atoms with Gasteiger partial charge in [0.05, 0.1) is 7.11 Å². The summed E-state index contributed by atoms with van der Waals surface area (Å²) in [5, 5.41) is 8.50. The van der Waals surface area contributed by atoms with Crippen LogP contribution in [0.5, 0.6) is 5.75 Å². The number of carbonyl (C=O) groups is 2. The average molecular weight is 412 g/mol. The zero-order chi connectivity index (χ0) is 21.1. The summed E-state index contributed by atoms with van der Waals surface area (Å²) in [6, 6.07) is 14.3. The highest BCUT2D eigenvalue weighted by Crippen LogP contribution is 2.18. The fourth-order valence-corrected chi connectivity index (χ4v) is 2.72. The standard InChI is InChI=1S/C22H25N3O3S/c1-3-4-14-23-21(27)17-9-7-10-18(15-17)24-22(29)25-20(26)13-12-16-8-5-6-11-19(16)28-2/h5-13,15H,3-4,14H2,1-2H3,(H,23,27)(H2,24,25,26,29)/b13-12+. The van der Waals surface area contributed by atoms with E-state index in [-0.39, 0.29) is 16.9 Å². The quantitative estimate of drug-likeness (QED) is 0.350. The number of thiocarbonyl (C=S) groups is 1. The number of nitrogens with one attached hydrogen (secondary N) is 3. The number of ether oxygens (including phenoxy) is 1. The zero-order valence-electron chi connectivity index (χ0n) is 16.5. The summed E-state index contributed by atoms with van der Waals surface area (Å²) in [5.74, 6) is 0.157. The number of hydrogen-bond acceptors (Lipinski definition) is 4. The molecule has 0 atom stereocenters. The van der Waals surface area contributed by atoms with E-state index in [4.69, 9.17) is 17.0 Å². The molecule has 0 spiro atoms. The molecule has 0 aliphatic carbocycles. The highest BCUT2D eigenvalue weighted by atomic mass is 32.1. The molecule has 0 unspecified atom stereocenters. The summed E-state index contributed by atoms with van der Waals surface area (Å²) in [6.45, 7) is 2.71. The molecule has 2 rings (SSSR count). The van der Waals surface area contributed by atoms with Crippen LogP contribution < -0.4 is 20.7 Å². The van der Waals surface area contributed by atoms with E-state index in [0.29, 0.717) is 23.5 Å². The molecule has 2 amide bonds. The fourth-order valence-electron chi connectivity index (χ4n) is 2.50. The third-order valence-corrected chi connectivity index (χ3v) is 4.19. The topological polar surface area (TPSA) is 79.5 Å². The summed E-state index contributed by atoms with van der Waals surface area (Å²) in [7, 11) is 1.57. The minimum Gasteiger partial charge on any atom is -0.496 e. The Morgan fingerprint density at radius 1 is 1.14 bits per heavy atom. The van der Waals surface area contributed by atoms with Crippen molar-refractivity contribution >= 4 is 40.9 Å². The van der Waals surface area contributed by atoms with Gasteiger partial charge in [0.25, 0.3) is 5.91 Å². The van der Waals surface area contributed by atoms with E-state index in [1.165, 1.54) is 6.08 Å². The monoisotopic (exact) mass is 411 g/mol. The Hall–Kier alpha value is -3.19. The third kappa shape index (κ3) is 7.38. The van der Waals surface area contributed by atoms with Crippen LogP contribution in [0.2, 0.25) is 0 Å². The van der Waals surface area contributed by atoms with E-state index in [9.17, 15) is 9.59 Å². The highest BCUT2D eigenvalue weighted by Gasteiger charge is 2.07. The molecule has 0 aliphatic heterocycles. The molecule has 2 aromatic carbocycles. The number of methoxy groups -OCH3 is 1. The summed E-state index contributed by atoms with van der Waals surface area (Å²) >= 11 is 5.18. The van der Waals surface area contributed by atoms with E-state index in [1.54, 1.807) is 37.5 Å². The van der Waals surface area contributed by atoms with Gasteiger partial charge in [-0.25, -0.2) is 0 Å². The largest absolute Gasteiger partial charge is 0.496 e. The molecule has 7 heteroatoms. The molecular weight excluding hydrogens is 386 g/mol. The Morgan fingerprint density at radius 2 is 1.93 bits per heavy atom. The lowest BCUT2D eigenvalue weighted by atomic mass is 10.2. The minimum absolute atomic E-state index is 0.142. The number of hydrogen-bond donors (Lipinski definition) is 3. The highest BCUT2D eigenvalue weighted by molar-refractivity contribution is 7.80. The number of benzene rings is 2. The van der Waals surface area contributed by atoms with E-state index < -0.39 is 0 Å². The van der Waals surface area contributed by atoms with Gasteiger partial charge in [-0.05, 0) is 49.0 Å². The lowest BCUT2D eigenvalue weighted by Crippen LogP contribution is -2.33. The van der Waals surface area contributed by atoms with Crippen LogP contribution in [0.4, 0.5) is 5.69 Å². The Morgan fingerprint density at radius 3 is 2.69 bits per heavy atom. The van der Waals surface area contributed by atoms with Crippen molar-refractivity contribution in [2.24, 2.45) is 0 Å². The molecule has 3 N–H and O–H groups in total. The van der Waals surface area contributed by atoms with Crippen molar-refractivity contribution in [3.05, 3.63) is 65.7 Å². The maximum Gasteiger partial charge on any atom is 0.251 e. The first-order chi connectivity index (χ1) is 14.0. The molecule has 6 nitrogen and oxygen atoms in total. The predicted molar refractivity (Wildman–Crippen MR) is 120 cm³/mol. The van der Waals surface area contributed by atoms with Crippen LogP contribution in [0.3, 0.4) is 0 Å². The molecule has 0 saturated carbocycles. The second-order valence-corrected chi connectivity index (χ2v) is 6.62. The molecule has 0 radical (unpaired) electrons. The van der Waals surface area contributed by atoms with Gasteiger partial charge in [-0.1, -0.05) is 37.6 Å². The van der Waals surface area contributed by atoms with Gasteiger partial charge in [-0.2, -0.15) is 0 Å². The number of amides is 2. The second kappa shape index (κ2) is 11.6. The summed E-state index contributed by atoms with van der Waals surface area (Å²) < 4.78 is 5.25. The minimum atomic E-state index is -0.373. The Balaban J connectivity index is 1.91. The fraction of sp³-hybridized carbons (Fsp3) is 0.227. The molecule has 0 heterocycles. The summed E-state index contributed by atoms with van der Waals surface area (Å²) in [6.07, 6.45) is 4.98. The van der Waals surface area contributed by atoms with Gasteiger partial charge in [0.15, 0.2) is 5.11 Å². The van der Waals surface area contributed by atoms with Crippen molar-refractivity contribution in [1.82, 2.24) is 10.6 Å². The Bertz CT molecular complexity index is 896. The maximum atomic E-state index is 12.1. The van der Waals surface area contributed by atoms with Crippen LogP contribution in [0.15, 0.2) is 54.6 Å². The van der Waals surface area contributed by atoms with Crippen LogP contribution in [0.25, 0.3) is 6.08 Å². The predicted octanol–water partition coefficient (Wildman–Crippen LogP) is 3.75. The lowest BCUT2D eigenvalue weighted by molar-refractivity contribution is -0.115.